The van der Waals surface area contributed by atoms with Crippen molar-refractivity contribution in [3.8, 4) is 0 Å². The van der Waals surface area contributed by atoms with Gasteiger partial charge < -0.3 is 0 Å². The molecule has 0 aromatic carbocycles. The minimum Gasteiger partial charge on any atom is -0.275 e. The lowest BCUT2D eigenvalue weighted by Crippen LogP contribution is -2.47. The van der Waals surface area contributed by atoms with Gasteiger partial charge in [-0.1, -0.05) is 44.9 Å². The molecule has 2 aliphatic carbocycles. The third-order valence-electron chi connectivity index (χ3n) is 6.13. The van der Waals surface area contributed by atoms with Crippen molar-refractivity contribution in [2.75, 3.05) is 6.54 Å². The van der Waals surface area contributed by atoms with Crippen molar-refractivity contribution in [1.29, 1.82) is 0 Å². The maximum Gasteiger partial charge on any atom is 0.345 e. The third kappa shape index (κ3) is 5.96. The SMILES string of the molecule is NNC(=O)N(N)CCCCCCCCCCC12CCC(CC1)C2. The first-order valence-electron chi connectivity index (χ1n) is 9.68. The highest BCUT2D eigenvalue weighted by Gasteiger charge is 2.43. The number of hydrogen-bond acceptors (Lipinski definition) is 3. The fourth-order valence-electron chi connectivity index (χ4n) is 4.69. The number of nitrogens with zero attached hydrogens (tertiary/aromatic N) is 1. The monoisotopic (exact) mass is 324 g/mol. The second kappa shape index (κ2) is 9.48. The lowest BCUT2D eigenvalue weighted by Gasteiger charge is -2.26. The van der Waals surface area contributed by atoms with Crippen LogP contribution in [0.15, 0.2) is 0 Å². The van der Waals surface area contributed by atoms with Gasteiger partial charge in [0.25, 0.3) is 0 Å². The number of carbonyl (C=O) groups excluding carboxylic acids is 1. The molecule has 0 aromatic heterocycles. The molecule has 0 aliphatic heterocycles. The van der Waals surface area contributed by atoms with Gasteiger partial charge in [0, 0.05) is 6.54 Å². The van der Waals surface area contributed by atoms with Gasteiger partial charge in [0.2, 0.25) is 0 Å². The van der Waals surface area contributed by atoms with Crippen molar-refractivity contribution < 1.29 is 4.79 Å². The van der Waals surface area contributed by atoms with Crippen LogP contribution in [0, 0.1) is 11.3 Å². The molecule has 5 heteroatoms. The van der Waals surface area contributed by atoms with Crippen molar-refractivity contribution >= 4 is 6.03 Å². The van der Waals surface area contributed by atoms with E-state index in [1.807, 2.05) is 5.43 Å². The maximum atomic E-state index is 11.1. The Morgan fingerprint density at radius 3 is 2.09 bits per heavy atom. The Bertz CT molecular complexity index is 353. The zero-order chi connectivity index (χ0) is 16.5. The van der Waals surface area contributed by atoms with Crippen LogP contribution in [-0.4, -0.2) is 17.6 Å². The molecule has 0 heterocycles. The first kappa shape index (κ1) is 18.5. The number of rotatable bonds is 11. The molecule has 2 rings (SSSR count). The fraction of sp³-hybridized carbons (Fsp3) is 0.944. The number of carbonyl (C=O) groups is 1. The van der Waals surface area contributed by atoms with E-state index in [1.165, 1.54) is 70.6 Å². The smallest absolute Gasteiger partial charge is 0.275 e. The van der Waals surface area contributed by atoms with Crippen LogP contribution in [0.5, 0.6) is 0 Å². The molecule has 0 atom stereocenters. The number of nitrogens with one attached hydrogen (secondary N) is 1. The minimum absolute atomic E-state index is 0.416. The van der Waals surface area contributed by atoms with E-state index < -0.39 is 6.03 Å². The van der Waals surface area contributed by atoms with E-state index >= 15 is 0 Å². The van der Waals surface area contributed by atoms with Gasteiger partial charge in [-0.3, -0.25) is 10.4 Å². The average molecular weight is 325 g/mol. The summed E-state index contributed by atoms with van der Waals surface area (Å²) in [4.78, 5) is 11.1. The van der Waals surface area contributed by atoms with Crippen LogP contribution in [0.1, 0.15) is 89.9 Å². The lowest BCUT2D eigenvalue weighted by molar-refractivity contribution is 0.198. The highest BCUT2D eigenvalue weighted by atomic mass is 16.2. The van der Waals surface area contributed by atoms with E-state index in [9.17, 15) is 4.79 Å². The number of nitrogens with two attached hydrogens (primary N) is 2. The van der Waals surface area contributed by atoms with Crippen LogP contribution >= 0.6 is 0 Å². The molecule has 2 amide bonds. The Morgan fingerprint density at radius 1 is 1.00 bits per heavy atom. The molecule has 2 bridgehead atoms. The van der Waals surface area contributed by atoms with Crippen LogP contribution in [0.3, 0.4) is 0 Å². The molecule has 0 saturated heterocycles. The molecular formula is C18H36N4O. The number of hydrazine groups is 2. The molecule has 0 aromatic rings. The number of hydrogen-bond donors (Lipinski definition) is 3. The summed E-state index contributed by atoms with van der Waals surface area (Å²) in [6.07, 6.45) is 19.4. The van der Waals surface area contributed by atoms with E-state index in [2.05, 4.69) is 0 Å². The summed E-state index contributed by atoms with van der Waals surface area (Å²) in [6.45, 7) is 0.576. The summed E-state index contributed by atoms with van der Waals surface area (Å²) in [7, 11) is 0. The largest absolute Gasteiger partial charge is 0.345 e. The number of amides is 2. The zero-order valence-corrected chi connectivity index (χ0v) is 14.7. The summed E-state index contributed by atoms with van der Waals surface area (Å²) in [5.41, 5.74) is 2.82. The summed E-state index contributed by atoms with van der Waals surface area (Å²) in [6, 6.07) is -0.416. The molecule has 0 radical (unpaired) electrons. The Balaban J connectivity index is 1.35. The number of urea groups is 1. The standard InChI is InChI=1S/C18H36N4O/c19-21-17(23)22(20)14-8-6-4-2-1-3-5-7-11-18-12-9-16(15-18)10-13-18/h16H,1-15,19-20H2,(H,21,23). The molecule has 5 N–H and O–H groups in total. The normalized spacial score (nSPS) is 25.7. The average Bonchev–Trinajstić information content (AvgIpc) is 3.16. The predicted octanol–water partition coefficient (Wildman–Crippen LogP) is 3.84. The van der Waals surface area contributed by atoms with Crippen molar-refractivity contribution in [2.24, 2.45) is 23.0 Å². The molecule has 2 saturated carbocycles. The van der Waals surface area contributed by atoms with Crippen LogP contribution in [0.2, 0.25) is 0 Å². The van der Waals surface area contributed by atoms with Gasteiger partial charge in [-0.25, -0.2) is 16.5 Å². The molecule has 23 heavy (non-hydrogen) atoms. The summed E-state index contributed by atoms with van der Waals surface area (Å²) in [5, 5.41) is 1.15. The minimum atomic E-state index is -0.416. The van der Waals surface area contributed by atoms with Gasteiger partial charge in [-0.05, 0) is 56.3 Å². The van der Waals surface area contributed by atoms with Crippen LogP contribution in [-0.2, 0) is 0 Å². The lowest BCUT2D eigenvalue weighted by atomic mass is 9.79. The first-order chi connectivity index (χ1) is 11.2. The van der Waals surface area contributed by atoms with Crippen LogP contribution in [0.4, 0.5) is 4.79 Å². The summed E-state index contributed by atoms with van der Waals surface area (Å²) in [5.74, 6) is 11.7. The molecule has 134 valence electrons. The van der Waals surface area contributed by atoms with Crippen molar-refractivity contribution in [1.82, 2.24) is 10.4 Å². The number of fused-ring (bicyclic) bond motifs is 2. The van der Waals surface area contributed by atoms with Gasteiger partial charge in [0.05, 0.1) is 0 Å². The number of unbranched alkanes of at least 4 members (excludes halogenated alkanes) is 7. The highest BCUT2D eigenvalue weighted by Crippen LogP contribution is 2.56. The van der Waals surface area contributed by atoms with E-state index in [0.717, 1.165) is 29.2 Å². The van der Waals surface area contributed by atoms with E-state index in [4.69, 9.17) is 11.7 Å². The van der Waals surface area contributed by atoms with Gasteiger partial charge in [0.1, 0.15) is 0 Å². The van der Waals surface area contributed by atoms with Crippen molar-refractivity contribution in [2.45, 2.75) is 89.9 Å². The first-order valence-corrected chi connectivity index (χ1v) is 9.68. The maximum absolute atomic E-state index is 11.1. The van der Waals surface area contributed by atoms with Gasteiger partial charge >= 0.3 is 6.03 Å². The fourth-order valence-corrected chi connectivity index (χ4v) is 4.69. The van der Waals surface area contributed by atoms with Gasteiger partial charge in [0.15, 0.2) is 0 Å². The zero-order valence-electron chi connectivity index (χ0n) is 14.7. The molecule has 2 fully saturated rings. The third-order valence-corrected chi connectivity index (χ3v) is 6.13. The van der Waals surface area contributed by atoms with E-state index in [-0.39, 0.29) is 0 Å². The van der Waals surface area contributed by atoms with Crippen LogP contribution in [0.25, 0.3) is 0 Å². The summed E-state index contributed by atoms with van der Waals surface area (Å²) >= 11 is 0. The van der Waals surface area contributed by atoms with Crippen molar-refractivity contribution in [3.63, 3.8) is 0 Å². The predicted molar refractivity (Wildman–Crippen MR) is 94.2 cm³/mol. The second-order valence-electron chi connectivity index (χ2n) is 7.87. The Hall–Kier alpha value is -0.810. The molecule has 2 aliphatic rings. The molecule has 0 unspecified atom stereocenters. The summed E-state index contributed by atoms with van der Waals surface area (Å²) < 4.78 is 0. The molecule has 5 nitrogen and oxygen atoms in total. The quantitative estimate of drug-likeness (QED) is 0.234. The Labute approximate surface area is 141 Å². The topological polar surface area (TPSA) is 84.4 Å². The Morgan fingerprint density at radius 2 is 1.57 bits per heavy atom. The second-order valence-corrected chi connectivity index (χ2v) is 7.87. The Kier molecular flexibility index (Phi) is 7.63. The molecular weight excluding hydrogens is 288 g/mol. The van der Waals surface area contributed by atoms with Gasteiger partial charge in [-0.15, -0.1) is 0 Å². The van der Waals surface area contributed by atoms with E-state index in [0.29, 0.717) is 6.54 Å². The molecule has 0 spiro atoms. The van der Waals surface area contributed by atoms with Gasteiger partial charge in [-0.2, -0.15) is 0 Å². The van der Waals surface area contributed by atoms with Crippen molar-refractivity contribution in [3.05, 3.63) is 0 Å². The highest BCUT2D eigenvalue weighted by molar-refractivity contribution is 5.72. The van der Waals surface area contributed by atoms with Crippen LogP contribution < -0.4 is 17.1 Å². The van der Waals surface area contributed by atoms with E-state index in [1.54, 1.807) is 6.42 Å².